The molecule has 6 nitrogen and oxygen atoms in total. The van der Waals surface area contributed by atoms with Crippen LogP contribution in [0.4, 0.5) is 24.5 Å². The van der Waals surface area contributed by atoms with E-state index in [9.17, 15) is 26.4 Å². The third-order valence-corrected chi connectivity index (χ3v) is 5.28. The number of anilines is 2. The van der Waals surface area contributed by atoms with E-state index < -0.39 is 22.1 Å². The van der Waals surface area contributed by atoms with Crippen LogP contribution in [-0.4, -0.2) is 20.5 Å². The highest BCUT2D eigenvalue weighted by molar-refractivity contribution is 7.92. The van der Waals surface area contributed by atoms with Crippen molar-refractivity contribution in [1.82, 2.24) is 5.43 Å². The normalized spacial score (nSPS) is 12.0. The van der Waals surface area contributed by atoms with Crippen molar-refractivity contribution in [3.63, 3.8) is 0 Å². The van der Waals surface area contributed by atoms with Gasteiger partial charge in [0, 0.05) is 5.69 Å². The number of aryl methyl sites for hydroxylation is 1. The lowest BCUT2D eigenvalue weighted by Crippen LogP contribution is -2.40. The lowest BCUT2D eigenvalue weighted by Gasteiger charge is -2.14. The van der Waals surface area contributed by atoms with Crippen LogP contribution in [0.1, 0.15) is 30.9 Å². The molecule has 0 saturated carbocycles. The van der Waals surface area contributed by atoms with Crippen LogP contribution >= 0.6 is 0 Å². The second-order valence-electron chi connectivity index (χ2n) is 6.43. The average molecular weight is 415 g/mol. The van der Waals surface area contributed by atoms with E-state index in [0.29, 0.717) is 0 Å². The Balaban J connectivity index is 2.11. The van der Waals surface area contributed by atoms with Gasteiger partial charge in [-0.2, -0.15) is 13.2 Å². The van der Waals surface area contributed by atoms with E-state index in [1.54, 1.807) is 12.1 Å². The van der Waals surface area contributed by atoms with Crippen LogP contribution in [0.2, 0.25) is 0 Å². The molecule has 0 heterocycles. The zero-order chi connectivity index (χ0) is 21.1. The number of nitrogens with one attached hydrogen (secondary N) is 3. The van der Waals surface area contributed by atoms with Crippen LogP contribution in [0.25, 0.3) is 0 Å². The number of hydrogen-bond donors (Lipinski definition) is 3. The largest absolute Gasteiger partial charge is 0.472 e. The summed E-state index contributed by atoms with van der Waals surface area (Å²) >= 11 is 0. The minimum Gasteiger partial charge on any atom is -0.298 e. The van der Waals surface area contributed by atoms with E-state index in [2.05, 4.69) is 10.1 Å². The average Bonchev–Trinajstić information content (AvgIpc) is 2.59. The minimum atomic E-state index is -5.01. The topological polar surface area (TPSA) is 87.3 Å². The molecular weight excluding hydrogens is 395 g/mol. The first-order valence-corrected chi connectivity index (χ1v) is 9.75. The molecule has 0 atom stereocenters. The minimum absolute atomic E-state index is 0.112. The highest BCUT2D eigenvalue weighted by Crippen LogP contribution is 2.24. The smallest absolute Gasteiger partial charge is 0.298 e. The summed E-state index contributed by atoms with van der Waals surface area (Å²) in [5, 5.41) is 0. The molecule has 0 aromatic heterocycles. The first kappa shape index (κ1) is 21.5. The molecule has 0 aliphatic carbocycles. The van der Waals surface area contributed by atoms with Crippen LogP contribution in [-0.2, 0) is 14.8 Å². The van der Waals surface area contributed by atoms with Crippen LogP contribution in [0, 0.1) is 6.92 Å². The molecule has 0 saturated heterocycles. The third kappa shape index (κ3) is 5.38. The summed E-state index contributed by atoms with van der Waals surface area (Å²) in [6, 6.07) is 10.2. The number of carbonyl (C=O) groups is 1. The van der Waals surface area contributed by atoms with Gasteiger partial charge in [-0.1, -0.05) is 19.9 Å². The van der Waals surface area contributed by atoms with Crippen molar-refractivity contribution in [3.05, 3.63) is 53.6 Å². The van der Waals surface area contributed by atoms with Crippen molar-refractivity contribution < 1.29 is 26.4 Å². The van der Waals surface area contributed by atoms with Gasteiger partial charge < -0.3 is 0 Å². The molecule has 10 heteroatoms. The maximum atomic E-state index is 12.6. The molecule has 2 aromatic rings. The number of amides is 1. The number of hydrazine groups is 1. The van der Waals surface area contributed by atoms with E-state index in [-0.39, 0.29) is 22.2 Å². The van der Waals surface area contributed by atoms with Crippen LogP contribution in [0.5, 0.6) is 0 Å². The van der Waals surface area contributed by atoms with E-state index in [1.807, 2.05) is 20.8 Å². The number of benzene rings is 2. The van der Waals surface area contributed by atoms with Gasteiger partial charge in [0.05, 0.1) is 10.6 Å². The number of halogens is 3. The van der Waals surface area contributed by atoms with E-state index in [4.69, 9.17) is 0 Å². The zero-order valence-corrected chi connectivity index (χ0v) is 16.2. The quantitative estimate of drug-likeness (QED) is 0.624. The van der Waals surface area contributed by atoms with Gasteiger partial charge >= 0.3 is 12.1 Å². The molecule has 0 unspecified atom stereocenters. The Kier molecular flexibility index (Phi) is 6.23. The standard InChI is InChI=1S/C18H20F3N3O3S/c1-11(2)16-10-15(9-4-12(16)3)28(26,27)24-14-7-5-13(6-8-14)22-23-17(25)18(19,20)21/h4-11,22,24H,1-3H3,(H,23,25). The molecule has 1 amide bonds. The second-order valence-corrected chi connectivity index (χ2v) is 8.12. The number of alkyl halides is 3. The first-order valence-electron chi connectivity index (χ1n) is 8.27. The Morgan fingerprint density at radius 3 is 2.11 bits per heavy atom. The van der Waals surface area contributed by atoms with Crippen molar-refractivity contribution in [3.8, 4) is 0 Å². The third-order valence-electron chi connectivity index (χ3n) is 3.90. The Labute approximate surface area is 161 Å². The number of hydrogen-bond acceptors (Lipinski definition) is 4. The summed E-state index contributed by atoms with van der Waals surface area (Å²) < 4.78 is 64.0. The lowest BCUT2D eigenvalue weighted by atomic mass is 9.98. The Morgan fingerprint density at radius 2 is 1.57 bits per heavy atom. The van der Waals surface area contributed by atoms with Crippen LogP contribution in [0.15, 0.2) is 47.4 Å². The Hall–Kier alpha value is -2.75. The van der Waals surface area contributed by atoms with E-state index >= 15 is 0 Å². The van der Waals surface area contributed by atoms with E-state index in [0.717, 1.165) is 11.1 Å². The van der Waals surface area contributed by atoms with Crippen molar-refractivity contribution in [2.24, 2.45) is 0 Å². The maximum absolute atomic E-state index is 12.6. The van der Waals surface area contributed by atoms with Gasteiger partial charge in [0.15, 0.2) is 0 Å². The van der Waals surface area contributed by atoms with Crippen molar-refractivity contribution in [2.45, 2.75) is 37.8 Å². The molecule has 152 valence electrons. The number of rotatable bonds is 6. The molecule has 28 heavy (non-hydrogen) atoms. The second kappa shape index (κ2) is 8.09. The molecule has 0 radical (unpaired) electrons. The van der Waals surface area contributed by atoms with Gasteiger partial charge in [0.1, 0.15) is 0 Å². The predicted octanol–water partition coefficient (Wildman–Crippen LogP) is 3.92. The predicted molar refractivity (Wildman–Crippen MR) is 100 cm³/mol. The maximum Gasteiger partial charge on any atom is 0.472 e. The molecule has 0 aliphatic heterocycles. The molecule has 0 spiro atoms. The Morgan fingerprint density at radius 1 is 1.00 bits per heavy atom. The summed E-state index contributed by atoms with van der Waals surface area (Å²) in [6.07, 6.45) is -5.01. The fourth-order valence-corrected chi connectivity index (χ4v) is 3.54. The molecule has 2 aromatic carbocycles. The summed E-state index contributed by atoms with van der Waals surface area (Å²) in [5.74, 6) is -1.98. The van der Waals surface area contributed by atoms with Gasteiger partial charge in [-0.15, -0.1) is 0 Å². The van der Waals surface area contributed by atoms with Crippen molar-refractivity contribution >= 4 is 27.3 Å². The summed E-state index contributed by atoms with van der Waals surface area (Å²) in [5.41, 5.74) is 5.89. The van der Waals surface area contributed by atoms with Crippen LogP contribution < -0.4 is 15.6 Å². The summed E-state index contributed by atoms with van der Waals surface area (Å²) in [4.78, 5) is 10.9. The summed E-state index contributed by atoms with van der Waals surface area (Å²) in [7, 11) is -3.83. The highest BCUT2D eigenvalue weighted by Gasteiger charge is 2.38. The number of carbonyl (C=O) groups excluding carboxylic acids is 1. The van der Waals surface area contributed by atoms with Crippen molar-refractivity contribution in [1.29, 1.82) is 0 Å². The highest BCUT2D eigenvalue weighted by atomic mass is 32.2. The first-order chi connectivity index (χ1) is 12.9. The molecular formula is C18H20F3N3O3S. The zero-order valence-electron chi connectivity index (χ0n) is 15.4. The Bertz CT molecular complexity index is 956. The van der Waals surface area contributed by atoms with Gasteiger partial charge in [-0.05, 0) is 60.4 Å². The van der Waals surface area contributed by atoms with Gasteiger partial charge in [-0.25, -0.2) is 8.42 Å². The monoisotopic (exact) mass is 415 g/mol. The van der Waals surface area contributed by atoms with Gasteiger partial charge in [0.25, 0.3) is 10.0 Å². The number of sulfonamides is 1. The lowest BCUT2D eigenvalue weighted by molar-refractivity contribution is -0.173. The molecule has 2 rings (SSSR count). The molecule has 3 N–H and O–H groups in total. The fraction of sp³-hybridized carbons (Fsp3) is 0.278. The fourth-order valence-electron chi connectivity index (χ4n) is 2.44. The molecule has 0 bridgehead atoms. The van der Waals surface area contributed by atoms with Gasteiger partial charge in [0.2, 0.25) is 0 Å². The van der Waals surface area contributed by atoms with E-state index in [1.165, 1.54) is 35.8 Å². The summed E-state index contributed by atoms with van der Waals surface area (Å²) in [6.45, 7) is 5.84. The SMILES string of the molecule is Cc1ccc(S(=O)(=O)Nc2ccc(NNC(=O)C(F)(F)F)cc2)cc1C(C)C. The van der Waals surface area contributed by atoms with Crippen molar-refractivity contribution in [2.75, 3.05) is 10.1 Å². The molecule has 0 fully saturated rings. The van der Waals surface area contributed by atoms with Gasteiger partial charge in [-0.3, -0.25) is 20.4 Å². The molecule has 0 aliphatic rings. The van der Waals surface area contributed by atoms with Crippen LogP contribution in [0.3, 0.4) is 0 Å².